The van der Waals surface area contributed by atoms with E-state index < -0.39 is 0 Å². The minimum Gasteiger partial charge on any atom is -0.462 e. The maximum absolute atomic E-state index is 11.8. The van der Waals surface area contributed by atoms with Crippen molar-refractivity contribution in [2.24, 2.45) is 0 Å². The summed E-state index contributed by atoms with van der Waals surface area (Å²) in [7, 11) is 0. The van der Waals surface area contributed by atoms with Crippen LogP contribution in [-0.4, -0.2) is 30.8 Å². The molecule has 4 nitrogen and oxygen atoms in total. The first-order valence-electron chi connectivity index (χ1n) is 5.65. The Balaban J connectivity index is 2.43. The molecular formula is C12H14ClNO3. The molecule has 1 aromatic heterocycles. The first kappa shape index (κ1) is 12.3. The predicted molar refractivity (Wildman–Crippen MR) is 63.4 cm³/mol. The highest BCUT2D eigenvalue weighted by molar-refractivity contribution is 6.29. The van der Waals surface area contributed by atoms with Crippen LogP contribution in [0.3, 0.4) is 0 Å². The van der Waals surface area contributed by atoms with Gasteiger partial charge in [-0.15, -0.1) is 0 Å². The molecular weight excluding hydrogens is 242 g/mol. The van der Waals surface area contributed by atoms with E-state index >= 15 is 0 Å². The highest BCUT2D eigenvalue weighted by Gasteiger charge is 2.20. The maximum Gasteiger partial charge on any atom is 0.338 e. The molecule has 0 saturated heterocycles. The van der Waals surface area contributed by atoms with Crippen molar-refractivity contribution in [2.45, 2.75) is 19.8 Å². The molecule has 0 unspecified atom stereocenters. The SMILES string of the molecule is CCOC(=O)c1cc(Cl)nc2c1CCOCC2. The number of esters is 1. The van der Waals surface area contributed by atoms with E-state index in [2.05, 4.69) is 4.98 Å². The first-order valence-corrected chi connectivity index (χ1v) is 6.03. The smallest absolute Gasteiger partial charge is 0.338 e. The van der Waals surface area contributed by atoms with Gasteiger partial charge in [-0.05, 0) is 25.0 Å². The number of hydrogen-bond acceptors (Lipinski definition) is 4. The summed E-state index contributed by atoms with van der Waals surface area (Å²) in [5.41, 5.74) is 2.27. The van der Waals surface area contributed by atoms with Gasteiger partial charge >= 0.3 is 5.97 Å². The molecule has 2 heterocycles. The monoisotopic (exact) mass is 255 g/mol. The van der Waals surface area contributed by atoms with Gasteiger partial charge in [0.15, 0.2) is 0 Å². The number of aromatic nitrogens is 1. The third-order valence-electron chi connectivity index (χ3n) is 2.65. The second-order valence-electron chi connectivity index (χ2n) is 3.75. The Kier molecular flexibility index (Phi) is 3.97. The molecule has 0 bridgehead atoms. The third kappa shape index (κ3) is 2.76. The second kappa shape index (κ2) is 5.47. The van der Waals surface area contributed by atoms with Crippen LogP contribution in [0.4, 0.5) is 0 Å². The summed E-state index contributed by atoms with van der Waals surface area (Å²) in [6.07, 6.45) is 1.36. The first-order chi connectivity index (χ1) is 8.22. The number of rotatable bonds is 2. The number of carbonyl (C=O) groups excluding carboxylic acids is 1. The number of halogens is 1. The highest BCUT2D eigenvalue weighted by Crippen LogP contribution is 2.22. The quantitative estimate of drug-likeness (QED) is 0.599. The lowest BCUT2D eigenvalue weighted by molar-refractivity contribution is 0.0524. The normalized spacial score (nSPS) is 14.9. The molecule has 17 heavy (non-hydrogen) atoms. The van der Waals surface area contributed by atoms with Gasteiger partial charge in [0.2, 0.25) is 0 Å². The Bertz CT molecular complexity index is 434. The number of pyridine rings is 1. The molecule has 0 aromatic carbocycles. The Hall–Kier alpha value is -1.13. The van der Waals surface area contributed by atoms with E-state index in [9.17, 15) is 4.79 Å². The largest absolute Gasteiger partial charge is 0.462 e. The third-order valence-corrected chi connectivity index (χ3v) is 2.85. The van der Waals surface area contributed by atoms with Gasteiger partial charge in [-0.3, -0.25) is 0 Å². The van der Waals surface area contributed by atoms with Gasteiger partial charge in [0.05, 0.1) is 25.4 Å². The summed E-state index contributed by atoms with van der Waals surface area (Å²) in [6, 6.07) is 1.57. The van der Waals surface area contributed by atoms with Crippen molar-refractivity contribution in [3.8, 4) is 0 Å². The molecule has 0 radical (unpaired) electrons. The van der Waals surface area contributed by atoms with Crippen molar-refractivity contribution in [3.05, 3.63) is 28.0 Å². The zero-order valence-corrected chi connectivity index (χ0v) is 10.4. The molecule has 0 atom stereocenters. The van der Waals surface area contributed by atoms with E-state index in [1.54, 1.807) is 13.0 Å². The molecule has 0 N–H and O–H groups in total. The summed E-state index contributed by atoms with van der Waals surface area (Å²) in [5, 5.41) is 0.328. The number of hydrogen-bond donors (Lipinski definition) is 0. The molecule has 1 aliphatic rings. The van der Waals surface area contributed by atoms with Crippen molar-refractivity contribution in [3.63, 3.8) is 0 Å². The molecule has 2 rings (SSSR count). The van der Waals surface area contributed by atoms with Crippen molar-refractivity contribution < 1.29 is 14.3 Å². The van der Waals surface area contributed by atoms with Crippen LogP contribution < -0.4 is 0 Å². The number of carbonyl (C=O) groups is 1. The van der Waals surface area contributed by atoms with Gasteiger partial charge in [0, 0.05) is 12.1 Å². The fourth-order valence-corrected chi connectivity index (χ4v) is 2.12. The standard InChI is InChI=1S/C12H14ClNO3/c1-2-17-12(15)9-7-11(13)14-10-4-6-16-5-3-8(9)10/h7H,2-6H2,1H3. The van der Waals surface area contributed by atoms with Crippen molar-refractivity contribution in [2.75, 3.05) is 19.8 Å². The number of ether oxygens (including phenoxy) is 2. The molecule has 92 valence electrons. The van der Waals surface area contributed by atoms with E-state index in [1.807, 2.05) is 0 Å². The van der Waals surface area contributed by atoms with Crippen LogP contribution in [0.2, 0.25) is 5.15 Å². The van der Waals surface area contributed by atoms with Crippen LogP contribution in [0.25, 0.3) is 0 Å². The van der Waals surface area contributed by atoms with E-state index in [-0.39, 0.29) is 5.97 Å². The summed E-state index contributed by atoms with van der Waals surface area (Å²) < 4.78 is 10.4. The minimum absolute atomic E-state index is 0.328. The minimum atomic E-state index is -0.338. The molecule has 0 saturated carbocycles. The van der Waals surface area contributed by atoms with Gasteiger partial charge in [-0.2, -0.15) is 0 Å². The average molecular weight is 256 g/mol. The molecule has 5 heteroatoms. The molecule has 0 aliphatic carbocycles. The van der Waals surface area contributed by atoms with Gasteiger partial charge in [0.25, 0.3) is 0 Å². The Morgan fingerprint density at radius 2 is 2.29 bits per heavy atom. The predicted octanol–water partition coefficient (Wildman–Crippen LogP) is 2.03. The van der Waals surface area contributed by atoms with E-state index in [4.69, 9.17) is 21.1 Å². The zero-order chi connectivity index (χ0) is 12.3. The van der Waals surface area contributed by atoms with E-state index in [0.717, 1.165) is 11.3 Å². The molecule has 1 aromatic rings. The van der Waals surface area contributed by atoms with Gasteiger partial charge < -0.3 is 9.47 Å². The van der Waals surface area contributed by atoms with Crippen LogP contribution in [0.15, 0.2) is 6.07 Å². The number of fused-ring (bicyclic) bond motifs is 1. The Morgan fingerprint density at radius 3 is 3.06 bits per heavy atom. The lowest BCUT2D eigenvalue weighted by atomic mass is 10.0. The van der Waals surface area contributed by atoms with Gasteiger partial charge in [-0.25, -0.2) is 9.78 Å². The fourth-order valence-electron chi connectivity index (χ4n) is 1.91. The van der Waals surface area contributed by atoms with Crippen molar-refractivity contribution in [1.29, 1.82) is 0 Å². The van der Waals surface area contributed by atoms with Crippen molar-refractivity contribution >= 4 is 17.6 Å². The lowest BCUT2D eigenvalue weighted by Gasteiger charge is -2.10. The highest BCUT2D eigenvalue weighted by atomic mass is 35.5. The molecule has 0 spiro atoms. The molecule has 1 aliphatic heterocycles. The van der Waals surface area contributed by atoms with E-state index in [0.29, 0.717) is 43.4 Å². The van der Waals surface area contributed by atoms with Crippen LogP contribution in [-0.2, 0) is 22.3 Å². The molecule has 0 amide bonds. The van der Waals surface area contributed by atoms with Gasteiger partial charge in [-0.1, -0.05) is 11.6 Å². The Morgan fingerprint density at radius 1 is 1.53 bits per heavy atom. The summed E-state index contributed by atoms with van der Waals surface area (Å²) >= 11 is 5.92. The van der Waals surface area contributed by atoms with Crippen LogP contribution >= 0.6 is 11.6 Å². The summed E-state index contributed by atoms with van der Waals surface area (Å²) in [4.78, 5) is 16.1. The van der Waals surface area contributed by atoms with E-state index in [1.165, 1.54) is 0 Å². The number of nitrogens with zero attached hydrogens (tertiary/aromatic N) is 1. The maximum atomic E-state index is 11.8. The fraction of sp³-hybridized carbons (Fsp3) is 0.500. The molecule has 0 fully saturated rings. The average Bonchev–Trinajstić information content (AvgIpc) is 2.53. The van der Waals surface area contributed by atoms with Crippen molar-refractivity contribution in [1.82, 2.24) is 4.98 Å². The summed E-state index contributed by atoms with van der Waals surface area (Å²) in [5.74, 6) is -0.338. The van der Waals surface area contributed by atoms with Crippen LogP contribution in [0.1, 0.15) is 28.5 Å². The van der Waals surface area contributed by atoms with Crippen LogP contribution in [0.5, 0.6) is 0 Å². The zero-order valence-electron chi connectivity index (χ0n) is 9.66. The second-order valence-corrected chi connectivity index (χ2v) is 4.14. The van der Waals surface area contributed by atoms with Gasteiger partial charge in [0.1, 0.15) is 5.15 Å². The Labute approximate surface area is 105 Å². The lowest BCUT2D eigenvalue weighted by Crippen LogP contribution is -2.12. The topological polar surface area (TPSA) is 48.4 Å². The van der Waals surface area contributed by atoms with Crippen LogP contribution in [0, 0.1) is 0 Å². The summed E-state index contributed by atoms with van der Waals surface area (Å²) in [6.45, 7) is 3.35.